The number of hydrogen-bond acceptors (Lipinski definition) is 2. The number of carbonyl (C=O) groups excluding carboxylic acids is 1. The van der Waals surface area contributed by atoms with E-state index >= 15 is 0 Å². The maximum atomic E-state index is 12.6. The van der Waals surface area contributed by atoms with E-state index in [9.17, 15) is 10.1 Å². The number of rotatable bonds is 6. The summed E-state index contributed by atoms with van der Waals surface area (Å²) in [6, 6.07) is 2.57. The molecule has 1 N–H and O–H groups in total. The first-order valence-corrected chi connectivity index (χ1v) is 8.21. The van der Waals surface area contributed by atoms with Gasteiger partial charge in [-0.1, -0.05) is 40.5 Å². The highest BCUT2D eigenvalue weighted by Gasteiger charge is 2.39. The number of nitrogens with zero attached hydrogens (tertiary/aromatic N) is 1. The van der Waals surface area contributed by atoms with Crippen molar-refractivity contribution in [1.29, 1.82) is 5.26 Å². The minimum atomic E-state index is -0.813. The first kappa shape index (κ1) is 17.0. The van der Waals surface area contributed by atoms with Gasteiger partial charge in [0.2, 0.25) is 5.91 Å². The van der Waals surface area contributed by atoms with Crippen LogP contribution in [0.1, 0.15) is 72.6 Å². The highest BCUT2D eigenvalue weighted by molar-refractivity contribution is 5.85. The minimum absolute atomic E-state index is 0.0323. The Morgan fingerprint density at radius 2 is 1.85 bits per heavy atom. The van der Waals surface area contributed by atoms with Gasteiger partial charge in [0.15, 0.2) is 0 Å². The lowest BCUT2D eigenvalue weighted by atomic mass is 9.77. The van der Waals surface area contributed by atoms with Crippen molar-refractivity contribution >= 4 is 5.91 Å². The molecule has 3 unspecified atom stereocenters. The molecule has 1 rings (SSSR count). The van der Waals surface area contributed by atoms with Crippen molar-refractivity contribution in [2.24, 2.45) is 17.3 Å². The van der Waals surface area contributed by atoms with Crippen LogP contribution in [0.25, 0.3) is 0 Å². The van der Waals surface area contributed by atoms with Crippen molar-refractivity contribution in [2.75, 3.05) is 0 Å². The topological polar surface area (TPSA) is 52.9 Å². The fraction of sp³-hybridized carbons (Fsp3) is 0.882. The summed E-state index contributed by atoms with van der Waals surface area (Å²) in [5.41, 5.74) is -0.813. The third-order valence-corrected chi connectivity index (χ3v) is 4.75. The number of nitriles is 1. The zero-order valence-electron chi connectivity index (χ0n) is 13.5. The lowest BCUT2D eigenvalue weighted by Crippen LogP contribution is -2.48. The van der Waals surface area contributed by atoms with E-state index in [1.807, 2.05) is 13.8 Å². The van der Waals surface area contributed by atoms with Gasteiger partial charge in [0.05, 0.1) is 6.07 Å². The van der Waals surface area contributed by atoms with E-state index in [1.54, 1.807) is 0 Å². The molecule has 1 saturated carbocycles. The zero-order chi connectivity index (χ0) is 15.2. The highest BCUT2D eigenvalue weighted by atomic mass is 16.2. The van der Waals surface area contributed by atoms with Crippen molar-refractivity contribution in [3.8, 4) is 6.07 Å². The summed E-state index contributed by atoms with van der Waals surface area (Å²) >= 11 is 0. The molecule has 1 fully saturated rings. The van der Waals surface area contributed by atoms with Crippen molar-refractivity contribution < 1.29 is 4.79 Å². The minimum Gasteiger partial charge on any atom is -0.352 e. The summed E-state index contributed by atoms with van der Waals surface area (Å²) in [7, 11) is 0. The fourth-order valence-electron chi connectivity index (χ4n) is 3.55. The second-order valence-electron chi connectivity index (χ2n) is 6.67. The molecular formula is C17H30N2O. The average Bonchev–Trinajstić information content (AvgIpc) is 2.41. The molecule has 20 heavy (non-hydrogen) atoms. The van der Waals surface area contributed by atoms with E-state index in [4.69, 9.17) is 0 Å². The van der Waals surface area contributed by atoms with Gasteiger partial charge in [-0.25, -0.2) is 0 Å². The van der Waals surface area contributed by atoms with Crippen LogP contribution < -0.4 is 5.32 Å². The van der Waals surface area contributed by atoms with E-state index in [1.165, 1.54) is 12.8 Å². The summed E-state index contributed by atoms with van der Waals surface area (Å²) < 4.78 is 0. The number of amides is 1. The van der Waals surface area contributed by atoms with Gasteiger partial charge in [0, 0.05) is 6.04 Å². The molecule has 0 heterocycles. The second-order valence-corrected chi connectivity index (χ2v) is 6.67. The van der Waals surface area contributed by atoms with Crippen LogP contribution in [-0.2, 0) is 4.79 Å². The summed E-state index contributed by atoms with van der Waals surface area (Å²) in [4.78, 5) is 12.6. The van der Waals surface area contributed by atoms with Gasteiger partial charge in [-0.3, -0.25) is 4.79 Å². The molecule has 3 nitrogen and oxygen atoms in total. The van der Waals surface area contributed by atoms with E-state index in [-0.39, 0.29) is 11.9 Å². The van der Waals surface area contributed by atoms with Gasteiger partial charge in [0.25, 0.3) is 0 Å². The third kappa shape index (κ3) is 3.98. The van der Waals surface area contributed by atoms with Gasteiger partial charge in [0.1, 0.15) is 5.41 Å². The molecule has 3 heteroatoms. The van der Waals surface area contributed by atoms with Crippen molar-refractivity contribution in [2.45, 2.75) is 78.7 Å². The first-order valence-electron chi connectivity index (χ1n) is 8.21. The highest BCUT2D eigenvalue weighted by Crippen LogP contribution is 2.32. The SMILES string of the molecule is CCCC(C#N)(CCC)C(=O)NC1CCC(C)CC1C. The van der Waals surface area contributed by atoms with Crippen LogP contribution >= 0.6 is 0 Å². The van der Waals surface area contributed by atoms with E-state index < -0.39 is 5.41 Å². The van der Waals surface area contributed by atoms with Gasteiger partial charge in [-0.2, -0.15) is 5.26 Å². The molecule has 0 spiro atoms. The molecular weight excluding hydrogens is 248 g/mol. The standard InChI is InChI=1S/C17H30N2O/c1-5-9-17(12-18,10-6-2)16(20)19-15-8-7-13(3)11-14(15)4/h13-15H,5-11H2,1-4H3,(H,19,20). The summed E-state index contributed by atoms with van der Waals surface area (Å²) in [5, 5.41) is 12.7. The smallest absolute Gasteiger partial charge is 0.240 e. The summed E-state index contributed by atoms with van der Waals surface area (Å²) in [6.07, 6.45) is 6.48. The van der Waals surface area contributed by atoms with Crippen LogP contribution in [0.15, 0.2) is 0 Å². The maximum absolute atomic E-state index is 12.6. The maximum Gasteiger partial charge on any atom is 0.240 e. The Morgan fingerprint density at radius 3 is 2.30 bits per heavy atom. The van der Waals surface area contributed by atoms with E-state index in [0.717, 1.165) is 25.2 Å². The lowest BCUT2D eigenvalue weighted by Gasteiger charge is -2.35. The molecule has 0 bridgehead atoms. The van der Waals surface area contributed by atoms with Gasteiger partial charge < -0.3 is 5.32 Å². The Morgan fingerprint density at radius 1 is 1.25 bits per heavy atom. The Balaban J connectivity index is 2.73. The van der Waals surface area contributed by atoms with E-state index in [2.05, 4.69) is 25.2 Å². The molecule has 1 aliphatic rings. The van der Waals surface area contributed by atoms with Gasteiger partial charge >= 0.3 is 0 Å². The number of nitrogens with one attached hydrogen (secondary N) is 1. The van der Waals surface area contributed by atoms with Gasteiger partial charge in [-0.15, -0.1) is 0 Å². The molecule has 0 aromatic heterocycles. The van der Waals surface area contributed by atoms with Crippen LogP contribution in [0.4, 0.5) is 0 Å². The van der Waals surface area contributed by atoms with Crippen LogP contribution in [0, 0.1) is 28.6 Å². The van der Waals surface area contributed by atoms with Crippen LogP contribution in [0.5, 0.6) is 0 Å². The Bertz CT molecular complexity index is 352. The molecule has 0 saturated heterocycles. The second kappa shape index (κ2) is 7.67. The van der Waals surface area contributed by atoms with Crippen molar-refractivity contribution in [3.63, 3.8) is 0 Å². The van der Waals surface area contributed by atoms with Crippen LogP contribution in [0.2, 0.25) is 0 Å². The van der Waals surface area contributed by atoms with Crippen LogP contribution in [-0.4, -0.2) is 11.9 Å². The Kier molecular flexibility index (Phi) is 6.52. The van der Waals surface area contributed by atoms with Crippen LogP contribution in [0.3, 0.4) is 0 Å². The first-order chi connectivity index (χ1) is 9.49. The molecule has 0 aromatic rings. The van der Waals surface area contributed by atoms with Gasteiger partial charge in [-0.05, 0) is 43.9 Å². The Hall–Kier alpha value is -1.04. The molecule has 3 atom stereocenters. The molecule has 1 aliphatic carbocycles. The molecule has 0 aliphatic heterocycles. The largest absolute Gasteiger partial charge is 0.352 e. The normalized spacial score (nSPS) is 26.9. The number of carbonyl (C=O) groups is 1. The molecule has 1 amide bonds. The predicted molar refractivity (Wildman–Crippen MR) is 82.0 cm³/mol. The Labute approximate surface area is 124 Å². The molecule has 0 aromatic carbocycles. The number of hydrogen-bond donors (Lipinski definition) is 1. The molecule has 114 valence electrons. The zero-order valence-corrected chi connectivity index (χ0v) is 13.5. The summed E-state index contributed by atoms with van der Waals surface area (Å²) in [5.74, 6) is 1.24. The molecule has 0 radical (unpaired) electrons. The quantitative estimate of drug-likeness (QED) is 0.797. The fourth-order valence-corrected chi connectivity index (χ4v) is 3.55. The van der Waals surface area contributed by atoms with Crippen molar-refractivity contribution in [3.05, 3.63) is 0 Å². The lowest BCUT2D eigenvalue weighted by molar-refractivity contribution is -0.130. The third-order valence-electron chi connectivity index (χ3n) is 4.75. The summed E-state index contributed by atoms with van der Waals surface area (Å²) in [6.45, 7) is 8.58. The predicted octanol–water partition coefficient (Wildman–Crippen LogP) is 4.04. The monoisotopic (exact) mass is 278 g/mol. The van der Waals surface area contributed by atoms with Crippen molar-refractivity contribution in [1.82, 2.24) is 5.32 Å². The average molecular weight is 278 g/mol. The van der Waals surface area contributed by atoms with E-state index in [0.29, 0.717) is 18.8 Å².